The monoisotopic (exact) mass is 673 g/mol. The first kappa shape index (κ1) is 36.8. The van der Waals surface area contributed by atoms with Crippen LogP contribution in [0.2, 0.25) is 0 Å². The van der Waals surface area contributed by atoms with Crippen LogP contribution in [-0.4, -0.2) is 60.5 Å². The van der Waals surface area contributed by atoms with Gasteiger partial charge in [-0.2, -0.15) is 0 Å². The number of esters is 1. The fourth-order valence-corrected chi connectivity index (χ4v) is 6.72. The molecular formula is C28H21NNa2O10S3. The predicted octanol–water partition coefficient (Wildman–Crippen LogP) is -2.28. The van der Waals surface area contributed by atoms with Gasteiger partial charge in [-0.05, 0) is 46.2 Å². The molecule has 1 aliphatic carbocycles. The van der Waals surface area contributed by atoms with E-state index in [-0.39, 0.29) is 70.3 Å². The molecule has 1 aromatic heterocycles. The summed E-state index contributed by atoms with van der Waals surface area (Å²) in [5.41, 5.74) is 0.485. The molecule has 4 aromatic rings. The summed E-state index contributed by atoms with van der Waals surface area (Å²) in [6.07, 6.45) is -2.70. The van der Waals surface area contributed by atoms with E-state index < -0.39 is 50.3 Å². The van der Waals surface area contributed by atoms with Crippen molar-refractivity contribution >= 4 is 54.9 Å². The van der Waals surface area contributed by atoms with Gasteiger partial charge in [0.05, 0.1) is 15.8 Å². The molecular weight excluding hydrogens is 652 g/mol. The molecule has 0 saturated heterocycles. The Hall–Kier alpha value is -1.63. The molecule has 3 aromatic carbocycles. The Morgan fingerprint density at radius 3 is 2.05 bits per heavy atom. The molecule has 0 amide bonds. The van der Waals surface area contributed by atoms with Crippen LogP contribution >= 0.6 is 11.8 Å². The largest absolute Gasteiger partial charge is 1.00 e. The molecule has 0 aliphatic heterocycles. The summed E-state index contributed by atoms with van der Waals surface area (Å²) in [5, 5.41) is 0.770. The molecule has 5 rings (SSSR count). The minimum absolute atomic E-state index is 0. The first-order valence-corrected chi connectivity index (χ1v) is 15.8. The molecule has 1 heterocycles. The van der Waals surface area contributed by atoms with Gasteiger partial charge in [-0.3, -0.25) is 8.37 Å². The van der Waals surface area contributed by atoms with Crippen LogP contribution in [0.4, 0.5) is 0 Å². The molecule has 11 nitrogen and oxygen atoms in total. The van der Waals surface area contributed by atoms with E-state index in [2.05, 4.69) is 4.98 Å². The second kappa shape index (κ2) is 15.8. The van der Waals surface area contributed by atoms with E-state index in [0.29, 0.717) is 16.0 Å². The molecule has 1 aliphatic rings. The molecule has 4 atom stereocenters. The number of pyridine rings is 1. The third kappa shape index (κ3) is 9.45. The molecule has 0 spiro atoms. The number of hydrogen-bond donors (Lipinski definition) is 0. The number of carbonyl (C=O) groups excluding carboxylic acids is 1. The van der Waals surface area contributed by atoms with Crippen LogP contribution in [0.5, 0.6) is 0 Å². The molecule has 44 heavy (non-hydrogen) atoms. The van der Waals surface area contributed by atoms with Crippen molar-refractivity contribution in [3.8, 4) is 0 Å². The normalized spacial score (nSPS) is 20.1. The summed E-state index contributed by atoms with van der Waals surface area (Å²) >= 11 is 1.04. The summed E-state index contributed by atoms with van der Waals surface area (Å²) < 4.78 is 87.3. The third-order valence-corrected chi connectivity index (χ3v) is 8.36. The summed E-state index contributed by atoms with van der Waals surface area (Å²) in [5.74, 6) is -0.921. The van der Waals surface area contributed by atoms with E-state index in [4.69, 9.17) is 13.1 Å². The SMILES string of the molecule is O=C(O[C@H]1[C@H](OS(=O)(=O)[O-])[C@H](OS(=O)(=O)[O-])C(c2cccc3ccccc23)=C[C@@H]1Sc1ccccn1)c1ccccc1.[Na+].[Na+]. The van der Waals surface area contributed by atoms with Crippen LogP contribution in [-0.2, 0) is 33.9 Å². The van der Waals surface area contributed by atoms with Crippen LogP contribution in [0.3, 0.4) is 0 Å². The number of carbonyl (C=O) groups is 1. The second-order valence-corrected chi connectivity index (χ2v) is 12.2. The Bertz CT molecular complexity index is 1840. The Morgan fingerprint density at radius 1 is 0.750 bits per heavy atom. The Morgan fingerprint density at radius 2 is 1.39 bits per heavy atom. The average Bonchev–Trinajstić information content (AvgIpc) is 2.95. The Balaban J connectivity index is 0.00000264. The number of ether oxygens (including phenoxy) is 1. The molecule has 0 N–H and O–H groups in total. The number of aromatic nitrogens is 1. The number of nitrogens with zero attached hydrogens (tertiary/aromatic N) is 1. The quantitative estimate of drug-likeness (QED) is 0.0808. The molecule has 16 heteroatoms. The molecule has 0 unspecified atom stereocenters. The zero-order valence-electron chi connectivity index (χ0n) is 23.4. The van der Waals surface area contributed by atoms with Crippen molar-refractivity contribution in [2.24, 2.45) is 0 Å². The summed E-state index contributed by atoms with van der Waals surface area (Å²) in [7, 11) is -11.1. The number of hydrogen-bond acceptors (Lipinski definition) is 12. The van der Waals surface area contributed by atoms with Crippen LogP contribution in [0.15, 0.2) is 108 Å². The summed E-state index contributed by atoms with van der Waals surface area (Å²) in [6.45, 7) is 0. The first-order chi connectivity index (χ1) is 20.0. The van der Waals surface area contributed by atoms with Gasteiger partial charge in [0, 0.05) is 6.20 Å². The van der Waals surface area contributed by atoms with E-state index in [1.165, 1.54) is 24.4 Å². The van der Waals surface area contributed by atoms with Gasteiger partial charge in [-0.1, -0.05) is 84.6 Å². The van der Waals surface area contributed by atoms with Gasteiger partial charge in [0.1, 0.15) is 18.3 Å². The fraction of sp³-hybridized carbons (Fsp3) is 0.143. The van der Waals surface area contributed by atoms with E-state index in [9.17, 15) is 30.7 Å². The predicted molar refractivity (Wildman–Crippen MR) is 151 cm³/mol. The van der Waals surface area contributed by atoms with Crippen molar-refractivity contribution in [1.82, 2.24) is 4.98 Å². The van der Waals surface area contributed by atoms with Gasteiger partial charge in [0.2, 0.25) is 20.8 Å². The van der Waals surface area contributed by atoms with Gasteiger partial charge in [0.25, 0.3) is 0 Å². The zero-order chi connectivity index (χ0) is 29.9. The number of thioether (sulfide) groups is 1. The van der Waals surface area contributed by atoms with Crippen molar-refractivity contribution in [3.63, 3.8) is 0 Å². The Labute approximate surface area is 302 Å². The van der Waals surface area contributed by atoms with Crippen LogP contribution < -0.4 is 59.1 Å². The van der Waals surface area contributed by atoms with Crippen molar-refractivity contribution in [1.29, 1.82) is 0 Å². The van der Waals surface area contributed by atoms with Gasteiger partial charge >= 0.3 is 65.1 Å². The van der Waals surface area contributed by atoms with Gasteiger partial charge < -0.3 is 13.8 Å². The smallest absolute Gasteiger partial charge is 0.726 e. The zero-order valence-corrected chi connectivity index (χ0v) is 29.8. The van der Waals surface area contributed by atoms with Crippen molar-refractivity contribution < 1.29 is 103 Å². The van der Waals surface area contributed by atoms with E-state index >= 15 is 0 Å². The van der Waals surface area contributed by atoms with Crippen molar-refractivity contribution in [2.75, 3.05) is 0 Å². The molecule has 0 saturated carbocycles. The third-order valence-electron chi connectivity index (χ3n) is 6.29. The topological polar surface area (TPSA) is 172 Å². The standard InChI is InChI=1S/C28H23NO10S3.2Na/c30-28(19-10-2-1-3-11-19)37-26-23(40-24-15-6-7-16-29-24)17-22(21-14-8-12-18-9-4-5-13-20(18)21)25(38-41(31,32)33)27(26)39-42(34,35)36;;/h1-17,23,25-27H,(H,31,32,33)(H,34,35,36);;/q;2*+1/p-2/t23-,25+,26+,27+;;/m0../s1. The average molecular weight is 674 g/mol. The Kier molecular flexibility index (Phi) is 13.2. The summed E-state index contributed by atoms with van der Waals surface area (Å²) in [6, 6.07) is 24.8. The van der Waals surface area contributed by atoms with E-state index in [1.54, 1.807) is 78.9 Å². The molecule has 0 bridgehead atoms. The van der Waals surface area contributed by atoms with Crippen LogP contribution in [0, 0.1) is 0 Å². The van der Waals surface area contributed by atoms with Crippen LogP contribution in [0.25, 0.3) is 16.3 Å². The van der Waals surface area contributed by atoms with Gasteiger partial charge in [-0.25, -0.2) is 26.6 Å². The number of fused-ring (bicyclic) bond motifs is 1. The fourth-order valence-electron chi connectivity index (χ4n) is 4.66. The minimum Gasteiger partial charge on any atom is -0.726 e. The summed E-state index contributed by atoms with van der Waals surface area (Å²) in [4.78, 5) is 17.4. The van der Waals surface area contributed by atoms with Gasteiger partial charge in [0.15, 0.2) is 0 Å². The molecule has 0 radical (unpaired) electrons. The minimum atomic E-state index is -5.56. The first-order valence-electron chi connectivity index (χ1n) is 12.3. The van der Waals surface area contributed by atoms with Crippen LogP contribution in [0.1, 0.15) is 15.9 Å². The maximum atomic E-state index is 13.2. The molecule has 0 fully saturated rings. The van der Waals surface area contributed by atoms with Gasteiger partial charge in [-0.15, -0.1) is 0 Å². The maximum absolute atomic E-state index is 13.2. The number of benzene rings is 3. The maximum Gasteiger partial charge on any atom is 1.00 e. The van der Waals surface area contributed by atoms with E-state index in [0.717, 1.165) is 17.1 Å². The second-order valence-electron chi connectivity index (χ2n) is 9.03. The molecule has 218 valence electrons. The van der Waals surface area contributed by atoms with Crippen molar-refractivity contribution in [2.45, 2.75) is 28.6 Å². The van der Waals surface area contributed by atoms with E-state index in [1.807, 2.05) is 0 Å². The number of rotatable bonds is 9. The van der Waals surface area contributed by atoms with Crippen molar-refractivity contribution in [3.05, 3.63) is 114 Å².